The minimum Gasteiger partial charge on any atom is -0.0622 e. The third kappa shape index (κ3) is 2.25. The van der Waals surface area contributed by atoms with E-state index < -0.39 is 0 Å². The SMILES string of the molecule is c1ccc([C@@H]2CCC[C@H]2c2cccc3ccccc23)cc1. The summed E-state index contributed by atoms with van der Waals surface area (Å²) in [7, 11) is 0. The van der Waals surface area contributed by atoms with Crippen molar-refractivity contribution in [2.24, 2.45) is 0 Å². The molecule has 2 atom stereocenters. The maximum absolute atomic E-state index is 2.34. The van der Waals surface area contributed by atoms with Gasteiger partial charge in [0.05, 0.1) is 0 Å². The Bertz CT molecular complexity index is 737. The first-order chi connectivity index (χ1) is 10.4. The summed E-state index contributed by atoms with van der Waals surface area (Å²) in [6.45, 7) is 0. The second-order valence-electron chi connectivity index (χ2n) is 6.12. The molecule has 0 amide bonds. The second kappa shape index (κ2) is 5.37. The zero-order chi connectivity index (χ0) is 14.1. The predicted molar refractivity (Wildman–Crippen MR) is 89.7 cm³/mol. The van der Waals surface area contributed by atoms with Gasteiger partial charge in [-0.1, -0.05) is 79.2 Å². The van der Waals surface area contributed by atoms with Crippen LogP contribution in [0.3, 0.4) is 0 Å². The van der Waals surface area contributed by atoms with E-state index >= 15 is 0 Å². The molecule has 21 heavy (non-hydrogen) atoms. The van der Waals surface area contributed by atoms with Crippen LogP contribution in [-0.2, 0) is 0 Å². The van der Waals surface area contributed by atoms with Crippen LogP contribution in [0.1, 0.15) is 42.2 Å². The highest BCUT2D eigenvalue weighted by Gasteiger charge is 2.30. The van der Waals surface area contributed by atoms with Crippen LogP contribution in [0, 0.1) is 0 Å². The van der Waals surface area contributed by atoms with E-state index in [-0.39, 0.29) is 0 Å². The first-order valence-electron chi connectivity index (χ1n) is 7.96. The molecule has 0 spiro atoms. The predicted octanol–water partition coefficient (Wildman–Crippen LogP) is 5.89. The van der Waals surface area contributed by atoms with Crippen molar-refractivity contribution in [3.63, 3.8) is 0 Å². The van der Waals surface area contributed by atoms with Gasteiger partial charge in [-0.05, 0) is 46.6 Å². The fourth-order valence-corrected chi connectivity index (χ4v) is 4.01. The molecule has 0 heterocycles. The molecule has 0 nitrogen and oxygen atoms in total. The number of hydrogen-bond donors (Lipinski definition) is 0. The third-order valence-corrected chi connectivity index (χ3v) is 4.97. The smallest absolute Gasteiger partial charge is 0.00869 e. The van der Waals surface area contributed by atoms with E-state index in [2.05, 4.69) is 72.8 Å². The lowest BCUT2D eigenvalue weighted by atomic mass is 9.82. The molecule has 0 radical (unpaired) electrons. The molecule has 0 N–H and O–H groups in total. The van der Waals surface area contributed by atoms with Crippen LogP contribution in [0.25, 0.3) is 10.8 Å². The minimum atomic E-state index is 0.665. The molecule has 1 aliphatic carbocycles. The van der Waals surface area contributed by atoms with Crippen LogP contribution in [0.15, 0.2) is 72.8 Å². The van der Waals surface area contributed by atoms with Gasteiger partial charge in [-0.15, -0.1) is 0 Å². The summed E-state index contributed by atoms with van der Waals surface area (Å²) in [5.41, 5.74) is 3.05. The zero-order valence-electron chi connectivity index (χ0n) is 12.2. The van der Waals surface area contributed by atoms with Crippen LogP contribution in [0.2, 0.25) is 0 Å². The fourth-order valence-electron chi connectivity index (χ4n) is 4.01. The highest BCUT2D eigenvalue weighted by atomic mass is 14.3. The highest BCUT2D eigenvalue weighted by molar-refractivity contribution is 5.86. The van der Waals surface area contributed by atoms with Crippen molar-refractivity contribution in [3.8, 4) is 0 Å². The van der Waals surface area contributed by atoms with E-state index in [0.717, 1.165) is 0 Å². The summed E-state index contributed by atoms with van der Waals surface area (Å²) >= 11 is 0. The maximum Gasteiger partial charge on any atom is -0.00869 e. The summed E-state index contributed by atoms with van der Waals surface area (Å²) in [4.78, 5) is 0. The molecule has 1 aliphatic rings. The molecule has 1 saturated carbocycles. The van der Waals surface area contributed by atoms with Gasteiger partial charge >= 0.3 is 0 Å². The fraction of sp³-hybridized carbons (Fsp3) is 0.238. The summed E-state index contributed by atoms with van der Waals surface area (Å²) in [6.07, 6.45) is 3.97. The lowest BCUT2D eigenvalue weighted by Gasteiger charge is -2.22. The molecule has 0 unspecified atom stereocenters. The standard InChI is InChI=1S/C21H20/c1-2-8-16(9-3-1)19-13-7-15-21(19)20-14-6-11-17-10-4-5-12-18(17)20/h1-6,8-12,14,19,21H,7,13,15H2/t19-,21+/m0/s1. The Labute approximate surface area is 126 Å². The highest BCUT2D eigenvalue weighted by Crippen LogP contribution is 2.47. The lowest BCUT2D eigenvalue weighted by Crippen LogP contribution is -2.05. The summed E-state index contributed by atoms with van der Waals surface area (Å²) in [5.74, 6) is 1.34. The molecule has 0 saturated heterocycles. The summed E-state index contributed by atoms with van der Waals surface area (Å²) in [6, 6.07) is 26.7. The van der Waals surface area contributed by atoms with E-state index in [4.69, 9.17) is 0 Å². The molecule has 0 bridgehead atoms. The number of rotatable bonds is 2. The van der Waals surface area contributed by atoms with E-state index in [1.54, 1.807) is 5.56 Å². The van der Waals surface area contributed by atoms with Crippen molar-refractivity contribution < 1.29 is 0 Å². The molecule has 0 aromatic heterocycles. The van der Waals surface area contributed by atoms with Gasteiger partial charge in [-0.25, -0.2) is 0 Å². The monoisotopic (exact) mass is 272 g/mol. The lowest BCUT2D eigenvalue weighted by molar-refractivity contribution is 0.628. The van der Waals surface area contributed by atoms with Gasteiger partial charge in [0.25, 0.3) is 0 Å². The molecule has 3 aromatic carbocycles. The van der Waals surface area contributed by atoms with Gasteiger partial charge in [-0.2, -0.15) is 0 Å². The van der Waals surface area contributed by atoms with E-state index in [9.17, 15) is 0 Å². The first-order valence-corrected chi connectivity index (χ1v) is 7.96. The molecule has 4 rings (SSSR count). The van der Waals surface area contributed by atoms with Gasteiger partial charge in [0.2, 0.25) is 0 Å². The Kier molecular flexibility index (Phi) is 3.23. The molecule has 0 aliphatic heterocycles. The van der Waals surface area contributed by atoms with Crippen molar-refractivity contribution in [3.05, 3.63) is 83.9 Å². The Morgan fingerprint density at radius 2 is 1.33 bits per heavy atom. The number of fused-ring (bicyclic) bond motifs is 1. The maximum atomic E-state index is 2.34. The van der Waals surface area contributed by atoms with E-state index in [1.807, 2.05) is 0 Å². The van der Waals surface area contributed by atoms with Crippen molar-refractivity contribution in [1.82, 2.24) is 0 Å². The van der Waals surface area contributed by atoms with E-state index in [0.29, 0.717) is 11.8 Å². The van der Waals surface area contributed by atoms with Gasteiger partial charge in [0.1, 0.15) is 0 Å². The topological polar surface area (TPSA) is 0 Å². The Balaban J connectivity index is 1.81. The van der Waals surface area contributed by atoms with E-state index in [1.165, 1.54) is 35.6 Å². The van der Waals surface area contributed by atoms with Crippen LogP contribution < -0.4 is 0 Å². The summed E-state index contributed by atoms with van der Waals surface area (Å²) in [5, 5.41) is 2.81. The van der Waals surface area contributed by atoms with Gasteiger partial charge in [-0.3, -0.25) is 0 Å². The quantitative estimate of drug-likeness (QED) is 0.545. The molecular weight excluding hydrogens is 252 g/mol. The molecule has 0 heteroatoms. The largest absolute Gasteiger partial charge is 0.0622 e. The average molecular weight is 272 g/mol. The van der Waals surface area contributed by atoms with Crippen molar-refractivity contribution in [2.45, 2.75) is 31.1 Å². The molecule has 104 valence electrons. The molecular formula is C21H20. The van der Waals surface area contributed by atoms with Gasteiger partial charge in [0, 0.05) is 0 Å². The minimum absolute atomic E-state index is 0.665. The Hall–Kier alpha value is -2.08. The first kappa shape index (κ1) is 12.6. The van der Waals surface area contributed by atoms with Crippen molar-refractivity contribution >= 4 is 10.8 Å². The Morgan fingerprint density at radius 1 is 0.619 bits per heavy atom. The van der Waals surface area contributed by atoms with Crippen molar-refractivity contribution in [2.75, 3.05) is 0 Å². The van der Waals surface area contributed by atoms with Gasteiger partial charge < -0.3 is 0 Å². The Morgan fingerprint density at radius 3 is 2.24 bits per heavy atom. The summed E-state index contributed by atoms with van der Waals surface area (Å²) < 4.78 is 0. The second-order valence-corrected chi connectivity index (χ2v) is 6.12. The third-order valence-electron chi connectivity index (χ3n) is 4.97. The van der Waals surface area contributed by atoms with Crippen LogP contribution in [0.4, 0.5) is 0 Å². The van der Waals surface area contributed by atoms with Crippen molar-refractivity contribution in [1.29, 1.82) is 0 Å². The van der Waals surface area contributed by atoms with Gasteiger partial charge in [0.15, 0.2) is 0 Å². The van der Waals surface area contributed by atoms with Crippen LogP contribution in [0.5, 0.6) is 0 Å². The van der Waals surface area contributed by atoms with Crippen LogP contribution in [-0.4, -0.2) is 0 Å². The average Bonchev–Trinajstić information content (AvgIpc) is 3.04. The zero-order valence-corrected chi connectivity index (χ0v) is 12.2. The number of benzene rings is 3. The molecule has 3 aromatic rings. The van der Waals surface area contributed by atoms with Crippen LogP contribution >= 0.6 is 0 Å². The normalized spacial score (nSPS) is 21.7. The molecule has 1 fully saturated rings. The number of hydrogen-bond acceptors (Lipinski definition) is 0.